The second kappa shape index (κ2) is 10.3. The Kier molecular flexibility index (Phi) is 7.54. The number of carbonyl (C=O) groups is 1. The summed E-state index contributed by atoms with van der Waals surface area (Å²) in [5.41, 5.74) is 1.79. The number of hydrogen-bond donors (Lipinski definition) is 0. The lowest BCUT2D eigenvalue weighted by molar-refractivity contribution is -0.161. The predicted molar refractivity (Wildman–Crippen MR) is 106 cm³/mol. The van der Waals surface area contributed by atoms with Crippen LogP contribution in [0.4, 0.5) is 13.6 Å². The number of methoxy groups -OCH3 is 1. The van der Waals surface area contributed by atoms with Gasteiger partial charge in [-0.05, 0) is 17.2 Å². The summed E-state index contributed by atoms with van der Waals surface area (Å²) in [6.45, 7) is 0.385. The lowest BCUT2D eigenvalue weighted by Crippen LogP contribution is -2.44. The second-order valence-corrected chi connectivity index (χ2v) is 6.91. The van der Waals surface area contributed by atoms with Crippen LogP contribution in [0, 0.1) is 5.92 Å². The molecule has 2 aromatic carbocycles. The first-order valence-corrected chi connectivity index (χ1v) is 9.58. The maximum Gasteiger partial charge on any atom is 0.508 e. The molecule has 0 aromatic heterocycles. The molecule has 0 saturated heterocycles. The van der Waals surface area contributed by atoms with Crippen molar-refractivity contribution >= 4 is 6.16 Å². The molecule has 1 aliphatic carbocycles. The number of alkyl halides is 2. The van der Waals surface area contributed by atoms with Gasteiger partial charge in [-0.25, -0.2) is 13.6 Å². The lowest BCUT2D eigenvalue weighted by Gasteiger charge is -2.30. The van der Waals surface area contributed by atoms with E-state index in [1.807, 2.05) is 60.7 Å². The molecule has 2 aromatic rings. The maximum absolute atomic E-state index is 15.0. The summed E-state index contributed by atoms with van der Waals surface area (Å²) in [6, 6.07) is 18.7. The van der Waals surface area contributed by atoms with Crippen LogP contribution in [-0.4, -0.2) is 38.0 Å². The smallest absolute Gasteiger partial charge is 0.438 e. The van der Waals surface area contributed by atoms with Crippen LogP contribution in [0.5, 0.6) is 0 Å². The van der Waals surface area contributed by atoms with Crippen molar-refractivity contribution in [3.05, 3.63) is 83.9 Å². The van der Waals surface area contributed by atoms with E-state index in [1.165, 1.54) is 6.08 Å². The normalized spacial score (nSPS) is 20.6. The van der Waals surface area contributed by atoms with Crippen LogP contribution in [0.3, 0.4) is 0 Å². The molecule has 160 valence electrons. The maximum atomic E-state index is 15.0. The molecule has 7 heteroatoms. The zero-order chi connectivity index (χ0) is 21.4. The van der Waals surface area contributed by atoms with E-state index in [-0.39, 0.29) is 19.8 Å². The van der Waals surface area contributed by atoms with Gasteiger partial charge in [0.25, 0.3) is 5.92 Å². The number of benzene rings is 2. The molecule has 0 radical (unpaired) electrons. The van der Waals surface area contributed by atoms with Gasteiger partial charge in [-0.2, -0.15) is 0 Å². The van der Waals surface area contributed by atoms with Crippen LogP contribution in [0.1, 0.15) is 11.1 Å². The van der Waals surface area contributed by atoms with Crippen LogP contribution in [0.15, 0.2) is 72.8 Å². The highest BCUT2D eigenvalue weighted by molar-refractivity contribution is 5.60. The first-order valence-electron chi connectivity index (χ1n) is 9.58. The van der Waals surface area contributed by atoms with Gasteiger partial charge >= 0.3 is 6.16 Å². The molecule has 3 rings (SSSR count). The fourth-order valence-electron chi connectivity index (χ4n) is 3.21. The third-order valence-corrected chi connectivity index (χ3v) is 4.81. The van der Waals surface area contributed by atoms with Gasteiger partial charge in [-0.3, -0.25) is 0 Å². The topological polar surface area (TPSA) is 54.0 Å². The third-order valence-electron chi connectivity index (χ3n) is 4.81. The largest absolute Gasteiger partial charge is 0.508 e. The third kappa shape index (κ3) is 5.64. The summed E-state index contributed by atoms with van der Waals surface area (Å²) in [7, 11) is 1.07. The summed E-state index contributed by atoms with van der Waals surface area (Å²) >= 11 is 0. The molecule has 0 bridgehead atoms. The van der Waals surface area contributed by atoms with Crippen molar-refractivity contribution in [1.82, 2.24) is 0 Å². The Morgan fingerprint density at radius 2 is 1.57 bits per heavy atom. The minimum atomic E-state index is -3.36. The first kappa shape index (κ1) is 21.9. The van der Waals surface area contributed by atoms with Crippen LogP contribution >= 0.6 is 0 Å². The standard InChI is InChI=1S/C23H24F2O5/c1-27-22(26)30-21-13-12-19(23(21,24)25)20(29-15-18-10-6-3-7-11-18)16-28-14-17-8-4-2-5-9-17/h2-13,19-21H,14-16H2,1H3/t19-,20-,21-/m1/s1. The zero-order valence-corrected chi connectivity index (χ0v) is 16.6. The Bertz CT molecular complexity index is 826. The van der Waals surface area contributed by atoms with Crippen molar-refractivity contribution < 1.29 is 32.5 Å². The van der Waals surface area contributed by atoms with Gasteiger partial charge < -0.3 is 18.9 Å². The molecule has 0 N–H and O–H groups in total. The molecule has 0 spiro atoms. The summed E-state index contributed by atoms with van der Waals surface area (Å²) in [6.07, 6.45) is -1.34. The summed E-state index contributed by atoms with van der Waals surface area (Å²) in [5.74, 6) is -4.67. The van der Waals surface area contributed by atoms with Crippen molar-refractivity contribution in [3.63, 3.8) is 0 Å². The molecule has 30 heavy (non-hydrogen) atoms. The number of hydrogen-bond acceptors (Lipinski definition) is 5. The van der Waals surface area contributed by atoms with Crippen LogP contribution in [0.2, 0.25) is 0 Å². The van der Waals surface area contributed by atoms with E-state index >= 15 is 0 Å². The van der Waals surface area contributed by atoms with Crippen molar-refractivity contribution in [3.8, 4) is 0 Å². The number of carbonyl (C=O) groups excluding carboxylic acids is 1. The number of halogens is 2. The SMILES string of the molecule is COC(=O)O[C@@H]1C=C[C@H]([C@@H](COCc2ccccc2)OCc2ccccc2)C1(F)F. The molecule has 3 atom stereocenters. The Hall–Kier alpha value is -2.77. The highest BCUT2D eigenvalue weighted by Gasteiger charge is 2.54. The molecule has 0 amide bonds. The van der Waals surface area contributed by atoms with Crippen molar-refractivity contribution in [1.29, 1.82) is 0 Å². The van der Waals surface area contributed by atoms with E-state index < -0.39 is 30.2 Å². The molecule has 0 saturated carbocycles. The zero-order valence-electron chi connectivity index (χ0n) is 16.6. The number of rotatable bonds is 9. The Morgan fingerprint density at radius 3 is 2.17 bits per heavy atom. The summed E-state index contributed by atoms with van der Waals surface area (Å²) < 4.78 is 50.5. The predicted octanol–water partition coefficient (Wildman–Crippen LogP) is 4.76. The van der Waals surface area contributed by atoms with Crippen LogP contribution in [-0.2, 0) is 32.2 Å². The van der Waals surface area contributed by atoms with Crippen LogP contribution in [0.25, 0.3) is 0 Å². The fourth-order valence-corrected chi connectivity index (χ4v) is 3.21. The molecule has 0 aliphatic heterocycles. The van der Waals surface area contributed by atoms with E-state index in [1.54, 1.807) is 0 Å². The molecule has 1 aliphatic rings. The highest BCUT2D eigenvalue weighted by atomic mass is 19.3. The monoisotopic (exact) mass is 418 g/mol. The van der Waals surface area contributed by atoms with Crippen molar-refractivity contribution in [2.45, 2.75) is 31.3 Å². The summed E-state index contributed by atoms with van der Waals surface area (Å²) in [4.78, 5) is 11.3. The molecular formula is C23H24F2O5. The van der Waals surface area contributed by atoms with E-state index in [0.717, 1.165) is 24.3 Å². The van der Waals surface area contributed by atoms with E-state index in [0.29, 0.717) is 0 Å². The quantitative estimate of drug-likeness (QED) is 0.434. The Labute approximate surface area is 174 Å². The number of ether oxygens (including phenoxy) is 4. The van der Waals surface area contributed by atoms with Crippen molar-refractivity contribution in [2.75, 3.05) is 13.7 Å². The molecule has 0 fully saturated rings. The fraction of sp³-hybridized carbons (Fsp3) is 0.348. The van der Waals surface area contributed by atoms with Gasteiger partial charge in [-0.15, -0.1) is 0 Å². The Balaban J connectivity index is 1.67. The minimum Gasteiger partial charge on any atom is -0.438 e. The molecular weight excluding hydrogens is 394 g/mol. The molecule has 5 nitrogen and oxygen atoms in total. The summed E-state index contributed by atoms with van der Waals surface area (Å²) in [5, 5.41) is 0. The Morgan fingerprint density at radius 1 is 0.967 bits per heavy atom. The first-order chi connectivity index (χ1) is 14.5. The van der Waals surface area contributed by atoms with Gasteiger partial charge in [0.1, 0.15) is 0 Å². The van der Waals surface area contributed by atoms with Gasteiger partial charge in [0.15, 0.2) is 6.10 Å². The van der Waals surface area contributed by atoms with E-state index in [4.69, 9.17) is 14.2 Å². The van der Waals surface area contributed by atoms with Crippen LogP contribution < -0.4 is 0 Å². The van der Waals surface area contributed by atoms with Gasteiger partial charge in [-0.1, -0.05) is 66.7 Å². The van der Waals surface area contributed by atoms with Gasteiger partial charge in [0, 0.05) is 0 Å². The highest BCUT2D eigenvalue weighted by Crippen LogP contribution is 2.41. The van der Waals surface area contributed by atoms with E-state index in [2.05, 4.69) is 4.74 Å². The van der Waals surface area contributed by atoms with E-state index in [9.17, 15) is 13.6 Å². The van der Waals surface area contributed by atoms with Gasteiger partial charge in [0.05, 0.1) is 39.0 Å². The lowest BCUT2D eigenvalue weighted by atomic mass is 9.97. The average Bonchev–Trinajstić information content (AvgIpc) is 3.05. The molecule has 0 heterocycles. The average molecular weight is 418 g/mol. The van der Waals surface area contributed by atoms with Crippen molar-refractivity contribution in [2.24, 2.45) is 5.92 Å². The van der Waals surface area contributed by atoms with Gasteiger partial charge in [0.2, 0.25) is 0 Å². The molecule has 0 unspecified atom stereocenters. The second-order valence-electron chi connectivity index (χ2n) is 6.91. The minimum absolute atomic E-state index is 0.0444.